The maximum Gasteiger partial charge on any atom is 0.193 e. The first-order chi connectivity index (χ1) is 11.9. The number of hydrogen-bond acceptors (Lipinski definition) is 3. The topological polar surface area (TPSA) is 46.1 Å². The van der Waals surface area contributed by atoms with Crippen LogP contribution < -0.4 is 10.1 Å². The molecule has 1 heterocycles. The second kappa shape index (κ2) is 9.09. The molecule has 2 rings (SSSR count). The van der Waals surface area contributed by atoms with E-state index in [1.54, 1.807) is 7.11 Å². The molecule has 0 spiro atoms. The molecule has 0 aromatic heterocycles. The van der Waals surface area contributed by atoms with Crippen LogP contribution in [0.2, 0.25) is 0 Å². The molecule has 0 aliphatic carbocycles. The largest absolute Gasteiger partial charge is 0.490 e. The van der Waals surface area contributed by atoms with Crippen molar-refractivity contribution in [2.45, 2.75) is 45.8 Å². The Morgan fingerprint density at radius 2 is 1.88 bits per heavy atom. The SMILES string of the molecule is CN=C(NCC(OC)C(C)(C)C)N1CCC(Oc2ccccc2)CC1. The molecule has 1 N–H and O–H groups in total. The Morgan fingerprint density at radius 1 is 1.24 bits per heavy atom. The third kappa shape index (κ3) is 5.92. The lowest BCUT2D eigenvalue weighted by Crippen LogP contribution is -2.50. The van der Waals surface area contributed by atoms with Gasteiger partial charge in [-0.15, -0.1) is 0 Å². The van der Waals surface area contributed by atoms with Crippen LogP contribution >= 0.6 is 0 Å². The zero-order chi connectivity index (χ0) is 18.3. The fourth-order valence-electron chi connectivity index (χ4n) is 3.14. The van der Waals surface area contributed by atoms with Crippen molar-refractivity contribution in [2.75, 3.05) is 33.8 Å². The summed E-state index contributed by atoms with van der Waals surface area (Å²) in [5.74, 6) is 1.90. The second-order valence-electron chi connectivity index (χ2n) is 7.64. The Balaban J connectivity index is 1.81. The van der Waals surface area contributed by atoms with Crippen molar-refractivity contribution in [3.8, 4) is 5.75 Å². The first kappa shape index (κ1) is 19.6. The van der Waals surface area contributed by atoms with Crippen LogP contribution in [0.25, 0.3) is 0 Å². The van der Waals surface area contributed by atoms with Crippen molar-refractivity contribution >= 4 is 5.96 Å². The Morgan fingerprint density at radius 3 is 2.40 bits per heavy atom. The van der Waals surface area contributed by atoms with Crippen LogP contribution in [-0.2, 0) is 4.74 Å². The molecule has 1 saturated heterocycles. The third-order valence-electron chi connectivity index (χ3n) is 4.70. The van der Waals surface area contributed by atoms with Gasteiger partial charge in [0.25, 0.3) is 0 Å². The highest BCUT2D eigenvalue weighted by atomic mass is 16.5. The van der Waals surface area contributed by atoms with Crippen molar-refractivity contribution in [3.63, 3.8) is 0 Å². The minimum atomic E-state index is 0.0944. The highest BCUT2D eigenvalue weighted by Crippen LogP contribution is 2.21. The minimum Gasteiger partial charge on any atom is -0.490 e. The predicted molar refractivity (Wildman–Crippen MR) is 103 cm³/mol. The summed E-state index contributed by atoms with van der Waals surface area (Å²) in [5.41, 5.74) is 0.0944. The van der Waals surface area contributed by atoms with Crippen LogP contribution in [0, 0.1) is 5.41 Å². The van der Waals surface area contributed by atoms with Crippen LogP contribution in [0.4, 0.5) is 0 Å². The van der Waals surface area contributed by atoms with Crippen molar-refractivity contribution in [2.24, 2.45) is 10.4 Å². The van der Waals surface area contributed by atoms with Gasteiger partial charge >= 0.3 is 0 Å². The molecule has 1 atom stereocenters. The Hall–Kier alpha value is -1.75. The van der Waals surface area contributed by atoms with E-state index in [9.17, 15) is 0 Å². The fraction of sp³-hybridized carbons (Fsp3) is 0.650. The van der Waals surface area contributed by atoms with Gasteiger partial charge < -0.3 is 19.7 Å². The number of piperidine rings is 1. The van der Waals surface area contributed by atoms with Gasteiger partial charge in [-0.2, -0.15) is 0 Å². The molecule has 0 saturated carbocycles. The molecule has 0 bridgehead atoms. The maximum absolute atomic E-state index is 6.07. The summed E-state index contributed by atoms with van der Waals surface area (Å²) in [4.78, 5) is 6.75. The van der Waals surface area contributed by atoms with E-state index in [2.05, 4.69) is 36.0 Å². The summed E-state index contributed by atoms with van der Waals surface area (Å²) in [6.07, 6.45) is 2.42. The number of ether oxygens (including phenoxy) is 2. The number of para-hydroxylation sites is 1. The monoisotopic (exact) mass is 347 g/mol. The minimum absolute atomic E-state index is 0.0944. The summed E-state index contributed by atoms with van der Waals surface area (Å²) < 4.78 is 11.7. The summed E-state index contributed by atoms with van der Waals surface area (Å²) in [6, 6.07) is 10.1. The lowest BCUT2D eigenvalue weighted by molar-refractivity contribution is 0.0199. The van der Waals surface area contributed by atoms with Crippen molar-refractivity contribution in [3.05, 3.63) is 30.3 Å². The number of likely N-dealkylation sites (tertiary alicyclic amines) is 1. The zero-order valence-electron chi connectivity index (χ0n) is 16.3. The molecule has 1 aromatic carbocycles. The second-order valence-corrected chi connectivity index (χ2v) is 7.64. The van der Waals surface area contributed by atoms with E-state index in [0.717, 1.165) is 44.2 Å². The molecule has 140 valence electrons. The van der Waals surface area contributed by atoms with E-state index in [0.29, 0.717) is 0 Å². The van der Waals surface area contributed by atoms with Gasteiger partial charge in [0.2, 0.25) is 0 Å². The van der Waals surface area contributed by atoms with Crippen molar-refractivity contribution < 1.29 is 9.47 Å². The third-order valence-corrected chi connectivity index (χ3v) is 4.70. The average molecular weight is 348 g/mol. The van der Waals surface area contributed by atoms with Gasteiger partial charge in [0.1, 0.15) is 11.9 Å². The van der Waals surface area contributed by atoms with Gasteiger partial charge in [0.05, 0.1) is 6.10 Å². The van der Waals surface area contributed by atoms with Crippen LogP contribution in [0.5, 0.6) is 5.75 Å². The molecule has 1 aromatic rings. The van der Waals surface area contributed by atoms with E-state index < -0.39 is 0 Å². The number of guanidine groups is 1. The van der Waals surface area contributed by atoms with Gasteiger partial charge in [0, 0.05) is 46.6 Å². The summed E-state index contributed by atoms with van der Waals surface area (Å²) in [5, 5.41) is 3.47. The number of nitrogens with one attached hydrogen (secondary N) is 1. The number of methoxy groups -OCH3 is 1. The molecule has 5 heteroatoms. The molecule has 1 unspecified atom stereocenters. The molecule has 5 nitrogen and oxygen atoms in total. The van der Waals surface area contributed by atoms with Crippen LogP contribution in [0.3, 0.4) is 0 Å². The van der Waals surface area contributed by atoms with Crippen molar-refractivity contribution in [1.82, 2.24) is 10.2 Å². The van der Waals surface area contributed by atoms with Crippen molar-refractivity contribution in [1.29, 1.82) is 0 Å². The van der Waals surface area contributed by atoms with Crippen LogP contribution in [0.15, 0.2) is 35.3 Å². The van der Waals surface area contributed by atoms with E-state index in [4.69, 9.17) is 9.47 Å². The number of benzene rings is 1. The standard InChI is InChI=1S/C20H33N3O2/c1-20(2,3)18(24-5)15-22-19(21-4)23-13-11-17(12-14-23)25-16-9-7-6-8-10-16/h6-10,17-18H,11-15H2,1-5H3,(H,21,22). The Labute approximate surface area is 152 Å². The smallest absolute Gasteiger partial charge is 0.193 e. The maximum atomic E-state index is 6.07. The summed E-state index contributed by atoms with van der Waals surface area (Å²) >= 11 is 0. The highest BCUT2D eigenvalue weighted by Gasteiger charge is 2.26. The number of nitrogens with zero attached hydrogens (tertiary/aromatic N) is 2. The molecule has 1 aliphatic heterocycles. The predicted octanol–water partition coefficient (Wildman–Crippen LogP) is 3.17. The van der Waals surface area contributed by atoms with Gasteiger partial charge in [-0.05, 0) is 17.5 Å². The van der Waals surface area contributed by atoms with E-state index in [1.165, 1.54) is 0 Å². The van der Waals surface area contributed by atoms with Gasteiger partial charge in [-0.1, -0.05) is 39.0 Å². The van der Waals surface area contributed by atoms with E-state index in [1.807, 2.05) is 37.4 Å². The van der Waals surface area contributed by atoms with Crippen LogP contribution in [0.1, 0.15) is 33.6 Å². The molecular formula is C20H33N3O2. The molecule has 25 heavy (non-hydrogen) atoms. The molecule has 1 fully saturated rings. The number of aliphatic imine (C=N–C) groups is 1. The highest BCUT2D eigenvalue weighted by molar-refractivity contribution is 5.80. The lowest BCUT2D eigenvalue weighted by atomic mass is 9.89. The van der Waals surface area contributed by atoms with Gasteiger partial charge in [-0.3, -0.25) is 4.99 Å². The fourth-order valence-corrected chi connectivity index (χ4v) is 3.14. The summed E-state index contributed by atoms with van der Waals surface area (Å²) in [6.45, 7) is 9.23. The Bertz CT molecular complexity index is 532. The molecular weight excluding hydrogens is 314 g/mol. The van der Waals surface area contributed by atoms with E-state index in [-0.39, 0.29) is 17.6 Å². The first-order valence-electron chi connectivity index (χ1n) is 9.14. The molecule has 0 radical (unpaired) electrons. The molecule has 0 amide bonds. The summed E-state index contributed by atoms with van der Waals surface area (Å²) in [7, 11) is 3.61. The van der Waals surface area contributed by atoms with E-state index >= 15 is 0 Å². The molecule has 1 aliphatic rings. The first-order valence-corrected chi connectivity index (χ1v) is 9.14. The Kier molecular flexibility index (Phi) is 7.12. The zero-order valence-corrected chi connectivity index (χ0v) is 16.3. The number of hydrogen-bond donors (Lipinski definition) is 1. The average Bonchev–Trinajstić information content (AvgIpc) is 2.59. The number of rotatable bonds is 5. The normalized spacial score (nSPS) is 18.1. The quantitative estimate of drug-likeness (QED) is 0.656. The van der Waals surface area contributed by atoms with Crippen LogP contribution in [-0.4, -0.2) is 56.9 Å². The van der Waals surface area contributed by atoms with Gasteiger partial charge in [-0.25, -0.2) is 0 Å². The lowest BCUT2D eigenvalue weighted by Gasteiger charge is -2.36. The van der Waals surface area contributed by atoms with Gasteiger partial charge in [0.15, 0.2) is 5.96 Å².